The summed E-state index contributed by atoms with van der Waals surface area (Å²) in [5.41, 5.74) is -0.0338. The molecule has 0 bridgehead atoms. The molecule has 0 aliphatic carbocycles. The Morgan fingerprint density at radius 2 is 1.71 bits per heavy atom. The van der Waals surface area contributed by atoms with Crippen LogP contribution in [-0.2, 0) is 9.53 Å². The molecule has 0 aliphatic rings. The van der Waals surface area contributed by atoms with Gasteiger partial charge in [-0.25, -0.2) is 4.79 Å². The molecule has 0 amide bonds. The van der Waals surface area contributed by atoms with E-state index in [0.717, 1.165) is 0 Å². The number of ether oxygens (including phenoxy) is 1. The van der Waals surface area contributed by atoms with Gasteiger partial charge in [0.2, 0.25) is 5.78 Å². The number of para-hydroxylation sites is 1. The molecule has 1 atom stereocenters. The SMILES string of the molecule is O=[C]OC(C(=O)c1ccccc1[N+](=O)[O-])c1ccccc1. The second kappa shape index (κ2) is 6.42. The van der Waals surface area contributed by atoms with Gasteiger partial charge in [0.1, 0.15) is 0 Å². The Kier molecular flexibility index (Phi) is 4.40. The van der Waals surface area contributed by atoms with E-state index in [-0.39, 0.29) is 11.3 Å². The molecule has 0 aromatic heterocycles. The van der Waals surface area contributed by atoms with Gasteiger partial charge in [0.15, 0.2) is 6.10 Å². The van der Waals surface area contributed by atoms with Crippen molar-refractivity contribution in [1.29, 1.82) is 0 Å². The van der Waals surface area contributed by atoms with Crippen molar-refractivity contribution in [3.05, 3.63) is 75.8 Å². The molecular formula is C15H10NO5. The lowest BCUT2D eigenvalue weighted by atomic mass is 9.98. The van der Waals surface area contributed by atoms with Gasteiger partial charge in [-0.2, -0.15) is 0 Å². The van der Waals surface area contributed by atoms with Gasteiger partial charge >= 0.3 is 6.47 Å². The zero-order valence-corrected chi connectivity index (χ0v) is 10.8. The van der Waals surface area contributed by atoms with Crippen LogP contribution in [0.4, 0.5) is 5.69 Å². The predicted octanol–water partition coefficient (Wildman–Crippen LogP) is 2.60. The Bertz CT molecular complexity index is 669. The largest absolute Gasteiger partial charge is 0.441 e. The van der Waals surface area contributed by atoms with Gasteiger partial charge in [-0.3, -0.25) is 14.9 Å². The second-order valence-electron chi connectivity index (χ2n) is 4.13. The van der Waals surface area contributed by atoms with Gasteiger partial charge in [-0.05, 0) is 6.07 Å². The molecule has 1 unspecified atom stereocenters. The average molecular weight is 284 g/mol. The number of ketones is 1. The Morgan fingerprint density at radius 3 is 2.33 bits per heavy atom. The lowest BCUT2D eigenvalue weighted by molar-refractivity contribution is -0.385. The van der Waals surface area contributed by atoms with Crippen molar-refractivity contribution < 1.29 is 19.2 Å². The van der Waals surface area contributed by atoms with Crippen molar-refractivity contribution in [2.75, 3.05) is 0 Å². The van der Waals surface area contributed by atoms with Gasteiger partial charge in [0.25, 0.3) is 5.69 Å². The first-order chi connectivity index (χ1) is 10.1. The van der Waals surface area contributed by atoms with Gasteiger partial charge in [0.05, 0.1) is 10.5 Å². The number of nitro benzene ring substituents is 1. The number of benzene rings is 2. The molecule has 2 aromatic carbocycles. The minimum Gasteiger partial charge on any atom is -0.441 e. The fourth-order valence-electron chi connectivity index (χ4n) is 1.93. The minimum atomic E-state index is -1.26. The summed E-state index contributed by atoms with van der Waals surface area (Å²) in [4.78, 5) is 33.3. The Balaban J connectivity index is 2.45. The van der Waals surface area contributed by atoms with E-state index in [1.807, 2.05) is 0 Å². The average Bonchev–Trinajstić information content (AvgIpc) is 2.52. The van der Waals surface area contributed by atoms with E-state index in [1.165, 1.54) is 30.7 Å². The maximum Gasteiger partial charge on any atom is 0.418 e. The number of hydrogen-bond acceptors (Lipinski definition) is 5. The first-order valence-corrected chi connectivity index (χ1v) is 6.00. The number of Topliss-reactive ketones (excluding diaryl/α,β-unsaturated/α-hetero) is 1. The molecule has 0 aliphatic heterocycles. The van der Waals surface area contributed by atoms with Crippen LogP contribution >= 0.6 is 0 Å². The zero-order chi connectivity index (χ0) is 15.2. The highest BCUT2D eigenvalue weighted by atomic mass is 16.6. The van der Waals surface area contributed by atoms with Crippen LogP contribution in [-0.4, -0.2) is 17.2 Å². The molecule has 2 aromatic rings. The summed E-state index contributed by atoms with van der Waals surface area (Å²) >= 11 is 0. The molecule has 0 N–H and O–H groups in total. The monoisotopic (exact) mass is 284 g/mol. The van der Waals surface area contributed by atoms with Crippen LogP contribution < -0.4 is 0 Å². The molecule has 0 fully saturated rings. The van der Waals surface area contributed by atoms with Crippen LogP contribution in [0.2, 0.25) is 0 Å². The number of nitro groups is 1. The molecule has 0 heterocycles. The fraction of sp³-hybridized carbons (Fsp3) is 0.0667. The molecule has 6 nitrogen and oxygen atoms in total. The standard InChI is InChI=1S/C15H10NO5/c17-10-21-15(11-6-2-1-3-7-11)14(18)12-8-4-5-9-13(12)16(19)20/h1-9,15H. The lowest BCUT2D eigenvalue weighted by Crippen LogP contribution is -2.17. The zero-order valence-electron chi connectivity index (χ0n) is 10.8. The third kappa shape index (κ3) is 3.11. The van der Waals surface area contributed by atoms with Gasteiger partial charge in [-0.1, -0.05) is 42.5 Å². The molecule has 1 radical (unpaired) electrons. The van der Waals surface area contributed by atoms with E-state index in [4.69, 9.17) is 4.74 Å². The molecule has 2 rings (SSSR count). The van der Waals surface area contributed by atoms with Crippen molar-refractivity contribution in [3.63, 3.8) is 0 Å². The van der Waals surface area contributed by atoms with Crippen molar-refractivity contribution in [2.45, 2.75) is 6.10 Å². The molecule has 6 heteroatoms. The quantitative estimate of drug-likeness (QED) is 0.462. The molecule has 105 valence electrons. The summed E-state index contributed by atoms with van der Waals surface area (Å²) in [6, 6.07) is 13.8. The maximum atomic E-state index is 12.5. The summed E-state index contributed by atoms with van der Waals surface area (Å²) < 4.78 is 4.70. The van der Waals surface area contributed by atoms with Crippen LogP contribution in [0.15, 0.2) is 54.6 Å². The van der Waals surface area contributed by atoms with E-state index in [1.54, 1.807) is 30.3 Å². The fourth-order valence-corrected chi connectivity index (χ4v) is 1.93. The van der Waals surface area contributed by atoms with Crippen molar-refractivity contribution in [2.24, 2.45) is 0 Å². The molecular weight excluding hydrogens is 274 g/mol. The van der Waals surface area contributed by atoms with Crippen molar-refractivity contribution in [3.8, 4) is 0 Å². The predicted molar refractivity (Wildman–Crippen MR) is 73.4 cm³/mol. The first-order valence-electron chi connectivity index (χ1n) is 6.00. The van der Waals surface area contributed by atoms with E-state index in [0.29, 0.717) is 5.56 Å². The number of carbonyl (C=O) groups excluding carboxylic acids is 2. The Hall–Kier alpha value is -3.02. The number of hydrogen-bond donors (Lipinski definition) is 0. The smallest absolute Gasteiger partial charge is 0.418 e. The summed E-state index contributed by atoms with van der Waals surface area (Å²) in [7, 11) is 0. The molecule has 0 saturated heterocycles. The highest BCUT2D eigenvalue weighted by Gasteiger charge is 2.29. The van der Waals surface area contributed by atoms with Gasteiger partial charge in [-0.15, -0.1) is 0 Å². The van der Waals surface area contributed by atoms with Crippen LogP contribution in [0, 0.1) is 10.1 Å². The Morgan fingerprint density at radius 1 is 1.10 bits per heavy atom. The van der Waals surface area contributed by atoms with Crippen molar-refractivity contribution >= 4 is 17.9 Å². The van der Waals surface area contributed by atoms with Gasteiger partial charge in [0, 0.05) is 11.6 Å². The van der Waals surface area contributed by atoms with E-state index >= 15 is 0 Å². The third-order valence-electron chi connectivity index (χ3n) is 2.87. The highest BCUT2D eigenvalue weighted by molar-refractivity contribution is 6.03. The van der Waals surface area contributed by atoms with E-state index in [2.05, 4.69) is 0 Å². The number of rotatable bonds is 6. The summed E-state index contributed by atoms with van der Waals surface area (Å²) in [5, 5.41) is 11.0. The molecule has 0 spiro atoms. The van der Waals surface area contributed by atoms with Crippen molar-refractivity contribution in [1.82, 2.24) is 0 Å². The summed E-state index contributed by atoms with van der Waals surface area (Å²) in [5.74, 6) is -0.670. The summed E-state index contributed by atoms with van der Waals surface area (Å²) in [6.07, 6.45) is -1.26. The van der Waals surface area contributed by atoms with Crippen LogP contribution in [0.25, 0.3) is 0 Å². The maximum absolute atomic E-state index is 12.5. The highest BCUT2D eigenvalue weighted by Crippen LogP contribution is 2.27. The third-order valence-corrected chi connectivity index (χ3v) is 2.87. The first kappa shape index (κ1) is 14.4. The van der Waals surface area contributed by atoms with Crippen LogP contribution in [0.1, 0.15) is 22.0 Å². The van der Waals surface area contributed by atoms with Crippen LogP contribution in [0.5, 0.6) is 0 Å². The van der Waals surface area contributed by atoms with E-state index in [9.17, 15) is 19.7 Å². The second-order valence-corrected chi connectivity index (χ2v) is 4.13. The topological polar surface area (TPSA) is 86.5 Å². The normalized spacial score (nSPS) is 11.4. The Labute approximate surface area is 120 Å². The van der Waals surface area contributed by atoms with E-state index < -0.39 is 16.8 Å². The molecule has 0 saturated carbocycles. The van der Waals surface area contributed by atoms with Crippen LogP contribution in [0.3, 0.4) is 0 Å². The molecule has 21 heavy (non-hydrogen) atoms. The summed E-state index contributed by atoms with van der Waals surface area (Å²) in [6.45, 7) is 1.22. The van der Waals surface area contributed by atoms with Gasteiger partial charge < -0.3 is 4.74 Å². The lowest BCUT2D eigenvalue weighted by Gasteiger charge is -2.13. The number of carbonyl (C=O) groups is 1. The minimum absolute atomic E-state index is 0.119. The number of nitrogens with zero attached hydrogens (tertiary/aromatic N) is 1.